The van der Waals surface area contributed by atoms with E-state index in [1.165, 1.54) is 38.5 Å². The Hall–Kier alpha value is -0.810. The summed E-state index contributed by atoms with van der Waals surface area (Å²) in [4.78, 5) is 26.2. The average Bonchev–Trinajstić information content (AvgIpc) is 2.90. The lowest BCUT2D eigenvalue weighted by molar-refractivity contribution is -0.138. The number of halogens is 1. The zero-order valence-electron chi connectivity index (χ0n) is 15.0. The highest BCUT2D eigenvalue weighted by molar-refractivity contribution is 5.88. The van der Waals surface area contributed by atoms with Crippen molar-refractivity contribution >= 4 is 24.2 Å². The van der Waals surface area contributed by atoms with Gasteiger partial charge in [-0.2, -0.15) is 0 Å². The summed E-state index contributed by atoms with van der Waals surface area (Å²) in [6.07, 6.45) is 11.0. The fraction of sp³-hybridized carbons (Fsp3) is 0.889. The van der Waals surface area contributed by atoms with Crippen molar-refractivity contribution in [1.82, 2.24) is 15.5 Å². The molecule has 0 aromatic rings. The lowest BCUT2D eigenvalue weighted by atomic mass is 10.1. The molecule has 0 bridgehead atoms. The molecule has 1 heterocycles. The summed E-state index contributed by atoms with van der Waals surface area (Å²) in [7, 11) is 0. The van der Waals surface area contributed by atoms with Crippen molar-refractivity contribution in [2.75, 3.05) is 19.6 Å². The minimum Gasteiger partial charge on any atom is -0.353 e. The molecule has 1 unspecified atom stereocenters. The number of amides is 2. The van der Waals surface area contributed by atoms with Crippen LogP contribution in [0, 0.1) is 0 Å². The van der Waals surface area contributed by atoms with Gasteiger partial charge in [-0.15, -0.1) is 12.4 Å². The second-order valence-corrected chi connectivity index (χ2v) is 6.93. The first-order valence-corrected chi connectivity index (χ1v) is 9.53. The molecule has 24 heavy (non-hydrogen) atoms. The third kappa shape index (κ3) is 6.60. The van der Waals surface area contributed by atoms with Gasteiger partial charge in [0.05, 0.1) is 0 Å². The van der Waals surface area contributed by atoms with Crippen LogP contribution in [0.25, 0.3) is 0 Å². The van der Waals surface area contributed by atoms with E-state index in [2.05, 4.69) is 10.6 Å². The largest absolute Gasteiger partial charge is 0.353 e. The van der Waals surface area contributed by atoms with Gasteiger partial charge in [0.1, 0.15) is 6.04 Å². The van der Waals surface area contributed by atoms with E-state index in [4.69, 9.17) is 0 Å². The Morgan fingerprint density at radius 1 is 1.00 bits per heavy atom. The molecule has 1 saturated heterocycles. The van der Waals surface area contributed by atoms with E-state index < -0.39 is 0 Å². The topological polar surface area (TPSA) is 61.4 Å². The van der Waals surface area contributed by atoms with E-state index in [9.17, 15) is 9.59 Å². The lowest BCUT2D eigenvalue weighted by Crippen LogP contribution is -2.47. The zero-order chi connectivity index (χ0) is 16.5. The maximum absolute atomic E-state index is 12.3. The zero-order valence-corrected chi connectivity index (χ0v) is 15.8. The Labute approximate surface area is 152 Å². The first-order chi connectivity index (χ1) is 11.2. The Kier molecular flexibility index (Phi) is 10.3. The number of likely N-dealkylation sites (tertiary alicyclic amines) is 1. The molecule has 0 radical (unpaired) electrons. The molecule has 1 aliphatic carbocycles. The second-order valence-electron chi connectivity index (χ2n) is 6.93. The predicted molar refractivity (Wildman–Crippen MR) is 99.4 cm³/mol. The van der Waals surface area contributed by atoms with E-state index in [1.807, 2.05) is 6.92 Å². The van der Waals surface area contributed by atoms with E-state index in [1.54, 1.807) is 4.90 Å². The van der Waals surface area contributed by atoms with Gasteiger partial charge in [0.15, 0.2) is 0 Å². The highest BCUT2D eigenvalue weighted by atomic mass is 35.5. The van der Waals surface area contributed by atoms with Crippen molar-refractivity contribution in [3.63, 3.8) is 0 Å². The van der Waals surface area contributed by atoms with Crippen LogP contribution in [0.2, 0.25) is 0 Å². The Balaban J connectivity index is 0.00000288. The fourth-order valence-corrected chi connectivity index (χ4v) is 3.76. The smallest absolute Gasteiger partial charge is 0.242 e. The minimum absolute atomic E-state index is 0. The lowest BCUT2D eigenvalue weighted by Gasteiger charge is -2.24. The van der Waals surface area contributed by atoms with Crippen LogP contribution in [0.1, 0.15) is 71.1 Å². The standard InChI is InChI=1S/C18H33N3O2.ClH/c1-2-8-17(22)21-14-7-11-16(21)18(23)20-13-12-19-15-9-5-3-4-6-10-15;/h15-16,19H,2-14H2,1H3,(H,20,23);1H. The molecule has 140 valence electrons. The summed E-state index contributed by atoms with van der Waals surface area (Å²) in [6, 6.07) is 0.371. The number of nitrogens with one attached hydrogen (secondary N) is 2. The molecule has 2 amide bonds. The molecule has 0 aromatic carbocycles. The van der Waals surface area contributed by atoms with Crippen LogP contribution < -0.4 is 10.6 Å². The SMILES string of the molecule is CCCC(=O)N1CCCC1C(=O)NCCNC1CCCCCC1.Cl. The van der Waals surface area contributed by atoms with Crippen LogP contribution in [-0.4, -0.2) is 48.4 Å². The maximum Gasteiger partial charge on any atom is 0.242 e. The molecule has 2 N–H and O–H groups in total. The second kappa shape index (κ2) is 11.7. The summed E-state index contributed by atoms with van der Waals surface area (Å²) in [5.41, 5.74) is 0. The van der Waals surface area contributed by atoms with Crippen molar-refractivity contribution in [3.05, 3.63) is 0 Å². The Morgan fingerprint density at radius 3 is 2.38 bits per heavy atom. The molecule has 6 heteroatoms. The number of rotatable bonds is 7. The summed E-state index contributed by atoms with van der Waals surface area (Å²) in [5.74, 6) is 0.149. The normalized spacial score (nSPS) is 21.9. The molecule has 5 nitrogen and oxygen atoms in total. The summed E-state index contributed by atoms with van der Waals surface area (Å²) in [6.45, 7) is 4.22. The summed E-state index contributed by atoms with van der Waals surface area (Å²) in [5, 5.41) is 6.58. The van der Waals surface area contributed by atoms with Gasteiger partial charge in [0.25, 0.3) is 0 Å². The van der Waals surface area contributed by atoms with Crippen molar-refractivity contribution < 1.29 is 9.59 Å². The maximum atomic E-state index is 12.3. The average molecular weight is 360 g/mol. The number of hydrogen-bond donors (Lipinski definition) is 2. The molecule has 2 fully saturated rings. The van der Waals surface area contributed by atoms with Crippen molar-refractivity contribution in [1.29, 1.82) is 0 Å². The molecule has 2 rings (SSSR count). The van der Waals surface area contributed by atoms with Crippen LogP contribution >= 0.6 is 12.4 Å². The van der Waals surface area contributed by atoms with E-state index >= 15 is 0 Å². The first-order valence-electron chi connectivity index (χ1n) is 9.53. The minimum atomic E-state index is -0.244. The van der Waals surface area contributed by atoms with Gasteiger partial charge in [0, 0.05) is 32.1 Å². The van der Waals surface area contributed by atoms with Crippen molar-refractivity contribution in [2.24, 2.45) is 0 Å². The van der Waals surface area contributed by atoms with Gasteiger partial charge in [-0.3, -0.25) is 9.59 Å². The Morgan fingerprint density at radius 2 is 1.71 bits per heavy atom. The summed E-state index contributed by atoms with van der Waals surface area (Å²) >= 11 is 0. The van der Waals surface area contributed by atoms with E-state index in [0.717, 1.165) is 32.4 Å². The molecule has 1 saturated carbocycles. The molecule has 0 spiro atoms. The molecular formula is C18H34ClN3O2. The molecule has 0 aromatic heterocycles. The third-order valence-corrected chi connectivity index (χ3v) is 5.05. The van der Waals surface area contributed by atoms with Gasteiger partial charge >= 0.3 is 0 Å². The predicted octanol–water partition coefficient (Wildman–Crippen LogP) is 2.63. The van der Waals surface area contributed by atoms with Crippen molar-refractivity contribution in [2.45, 2.75) is 83.2 Å². The van der Waals surface area contributed by atoms with E-state index in [0.29, 0.717) is 19.0 Å². The monoisotopic (exact) mass is 359 g/mol. The number of carbonyl (C=O) groups is 2. The number of hydrogen-bond acceptors (Lipinski definition) is 3. The van der Waals surface area contributed by atoms with Gasteiger partial charge in [-0.25, -0.2) is 0 Å². The number of carbonyl (C=O) groups excluding carboxylic acids is 2. The highest BCUT2D eigenvalue weighted by Crippen LogP contribution is 2.19. The van der Waals surface area contributed by atoms with Crippen LogP contribution in [0.15, 0.2) is 0 Å². The fourth-order valence-electron chi connectivity index (χ4n) is 3.76. The van der Waals surface area contributed by atoms with Crippen molar-refractivity contribution in [3.8, 4) is 0 Å². The van der Waals surface area contributed by atoms with E-state index in [-0.39, 0.29) is 30.3 Å². The highest BCUT2D eigenvalue weighted by Gasteiger charge is 2.33. The third-order valence-electron chi connectivity index (χ3n) is 5.05. The van der Waals surface area contributed by atoms with Crippen LogP contribution in [0.4, 0.5) is 0 Å². The van der Waals surface area contributed by atoms with Crippen LogP contribution in [0.5, 0.6) is 0 Å². The quantitative estimate of drug-likeness (QED) is 0.542. The molecule has 1 aliphatic heterocycles. The number of nitrogens with zero attached hydrogens (tertiary/aromatic N) is 1. The van der Waals surface area contributed by atoms with Crippen LogP contribution in [-0.2, 0) is 9.59 Å². The first kappa shape index (κ1) is 21.2. The van der Waals surface area contributed by atoms with Gasteiger partial charge in [-0.05, 0) is 32.1 Å². The summed E-state index contributed by atoms with van der Waals surface area (Å²) < 4.78 is 0. The molecule has 2 aliphatic rings. The molecular weight excluding hydrogens is 326 g/mol. The van der Waals surface area contributed by atoms with Gasteiger partial charge in [-0.1, -0.05) is 32.6 Å². The van der Waals surface area contributed by atoms with Gasteiger partial charge in [0.2, 0.25) is 11.8 Å². The van der Waals surface area contributed by atoms with Crippen LogP contribution in [0.3, 0.4) is 0 Å². The molecule has 1 atom stereocenters. The Bertz CT molecular complexity index is 384. The van der Waals surface area contributed by atoms with Gasteiger partial charge < -0.3 is 15.5 Å².